The van der Waals surface area contributed by atoms with Gasteiger partial charge in [0.25, 0.3) is 0 Å². The second-order valence-corrected chi connectivity index (χ2v) is 2.60. The van der Waals surface area contributed by atoms with Gasteiger partial charge in [-0.2, -0.15) is 0 Å². The molecule has 0 N–H and O–H groups in total. The van der Waals surface area contributed by atoms with E-state index in [1.165, 1.54) is 7.11 Å². The van der Waals surface area contributed by atoms with Crippen LogP contribution >= 0.6 is 0 Å². The summed E-state index contributed by atoms with van der Waals surface area (Å²) in [4.78, 5) is 10.9. The maximum Gasteiger partial charge on any atom is 0.309 e. The molecule has 0 spiro atoms. The molecule has 0 saturated heterocycles. The molecule has 1 aromatic rings. The van der Waals surface area contributed by atoms with Crippen LogP contribution in [0, 0.1) is 0 Å². The van der Waals surface area contributed by atoms with E-state index in [1.54, 1.807) is 7.11 Å². The van der Waals surface area contributed by atoms with Crippen LogP contribution < -0.4 is 4.74 Å². The maximum atomic E-state index is 10.9. The Labute approximate surface area is 95.6 Å². The number of rotatable bonds is 3. The monoisotopic (exact) mass is 187 g/mol. The molecular weight excluding hydrogens is 175 g/mol. The van der Waals surface area contributed by atoms with Gasteiger partial charge in [-0.1, -0.05) is 12.1 Å². The molecule has 1 radical (unpaired) electrons. The average Bonchev–Trinajstić information content (AvgIpc) is 2.19. The Kier molecular flexibility index (Phi) is 6.10. The second-order valence-electron chi connectivity index (χ2n) is 2.60. The van der Waals surface area contributed by atoms with Gasteiger partial charge in [-0.15, -0.1) is 0 Å². The van der Waals surface area contributed by atoms with Crippen molar-refractivity contribution >= 4 is 24.8 Å². The summed E-state index contributed by atoms with van der Waals surface area (Å²) in [5.74, 6) is 0.554. The minimum absolute atomic E-state index is 0. The summed E-state index contributed by atoms with van der Waals surface area (Å²) in [7, 11) is 2.99. The van der Waals surface area contributed by atoms with Gasteiger partial charge in [0.05, 0.1) is 20.6 Å². The first-order chi connectivity index (χ1) is 6.26. The summed E-state index contributed by atoms with van der Waals surface area (Å²) < 4.78 is 9.52. The molecule has 0 aliphatic heterocycles. The third-order valence-corrected chi connectivity index (χ3v) is 1.74. The quantitative estimate of drug-likeness (QED) is 0.523. The fraction of sp³-hybridized carbons (Fsp3) is 0.300. The first-order valence-corrected chi connectivity index (χ1v) is 3.96. The van der Waals surface area contributed by atoms with Crippen LogP contribution in [-0.4, -0.2) is 39.0 Å². The SMILES string of the molecule is COC(=O)Cc1ccc(OC)cc1.[Li]. The van der Waals surface area contributed by atoms with Crippen LogP contribution in [0.15, 0.2) is 24.3 Å². The van der Waals surface area contributed by atoms with Crippen molar-refractivity contribution in [2.75, 3.05) is 14.2 Å². The van der Waals surface area contributed by atoms with E-state index in [2.05, 4.69) is 4.74 Å². The van der Waals surface area contributed by atoms with Crippen LogP contribution in [0.3, 0.4) is 0 Å². The fourth-order valence-corrected chi connectivity index (χ4v) is 0.982. The predicted molar refractivity (Wildman–Crippen MR) is 54.5 cm³/mol. The van der Waals surface area contributed by atoms with Gasteiger partial charge < -0.3 is 9.47 Å². The van der Waals surface area contributed by atoms with Gasteiger partial charge in [0.15, 0.2) is 0 Å². The van der Waals surface area contributed by atoms with Crippen molar-refractivity contribution in [2.45, 2.75) is 6.42 Å². The molecule has 0 heterocycles. The van der Waals surface area contributed by atoms with Crippen LogP contribution in [0.1, 0.15) is 5.56 Å². The smallest absolute Gasteiger partial charge is 0.309 e. The third-order valence-electron chi connectivity index (χ3n) is 1.74. The summed E-state index contributed by atoms with van der Waals surface area (Å²) >= 11 is 0. The number of esters is 1. The number of carbonyl (C=O) groups excluding carboxylic acids is 1. The molecule has 0 aliphatic carbocycles. The number of hydrogen-bond donors (Lipinski definition) is 0. The molecule has 3 nitrogen and oxygen atoms in total. The molecule has 0 aliphatic rings. The number of benzene rings is 1. The molecule has 1 aromatic carbocycles. The Balaban J connectivity index is 0.00000169. The van der Waals surface area contributed by atoms with Crippen LogP contribution in [0.4, 0.5) is 0 Å². The zero-order chi connectivity index (χ0) is 9.68. The molecule has 4 heteroatoms. The standard InChI is InChI=1S/C10H12O3.Li/c1-12-9-5-3-8(4-6-9)7-10(11)13-2;/h3-6H,7H2,1-2H3;. The minimum Gasteiger partial charge on any atom is -0.497 e. The zero-order valence-corrected chi connectivity index (χ0v) is 8.74. The van der Waals surface area contributed by atoms with E-state index in [9.17, 15) is 4.79 Å². The van der Waals surface area contributed by atoms with Crippen molar-refractivity contribution < 1.29 is 14.3 Å². The number of carbonyl (C=O) groups is 1. The molecule has 0 saturated carbocycles. The molecule has 71 valence electrons. The van der Waals surface area contributed by atoms with Crippen molar-refractivity contribution in [1.29, 1.82) is 0 Å². The van der Waals surface area contributed by atoms with E-state index in [0.717, 1.165) is 11.3 Å². The first kappa shape index (κ1) is 13.1. The molecule has 0 bridgehead atoms. The van der Waals surface area contributed by atoms with Crippen molar-refractivity contribution in [2.24, 2.45) is 0 Å². The van der Waals surface area contributed by atoms with Crippen LogP contribution in [0.5, 0.6) is 5.75 Å². The Bertz CT molecular complexity index is 282. The Hall–Kier alpha value is -0.913. The van der Waals surface area contributed by atoms with Gasteiger partial charge in [-0.3, -0.25) is 4.79 Å². The topological polar surface area (TPSA) is 35.5 Å². The molecule has 0 amide bonds. The van der Waals surface area contributed by atoms with E-state index in [0.29, 0.717) is 6.42 Å². The van der Waals surface area contributed by atoms with Gasteiger partial charge in [0, 0.05) is 18.9 Å². The van der Waals surface area contributed by atoms with Crippen LogP contribution in [-0.2, 0) is 16.0 Å². The maximum absolute atomic E-state index is 10.9. The Morgan fingerprint density at radius 2 is 1.79 bits per heavy atom. The van der Waals surface area contributed by atoms with Gasteiger partial charge in [-0.05, 0) is 17.7 Å². The molecule has 0 aromatic heterocycles. The number of hydrogen-bond acceptors (Lipinski definition) is 3. The van der Waals surface area contributed by atoms with Gasteiger partial charge in [-0.25, -0.2) is 0 Å². The molecule has 0 fully saturated rings. The Morgan fingerprint density at radius 1 is 1.21 bits per heavy atom. The summed E-state index contributed by atoms with van der Waals surface area (Å²) in [5, 5.41) is 0. The molecule has 1 rings (SSSR count). The molecular formula is C10H12LiO3. The average molecular weight is 187 g/mol. The van der Waals surface area contributed by atoms with Crippen LogP contribution in [0.2, 0.25) is 0 Å². The Morgan fingerprint density at radius 3 is 2.21 bits per heavy atom. The minimum atomic E-state index is -0.231. The largest absolute Gasteiger partial charge is 0.497 e. The van der Waals surface area contributed by atoms with E-state index in [4.69, 9.17) is 4.74 Å². The summed E-state index contributed by atoms with van der Waals surface area (Å²) in [6.07, 6.45) is 0.306. The van der Waals surface area contributed by atoms with Gasteiger partial charge in [0.2, 0.25) is 0 Å². The predicted octanol–water partition coefficient (Wildman–Crippen LogP) is 1.03. The van der Waals surface area contributed by atoms with Crippen LogP contribution in [0.25, 0.3) is 0 Å². The van der Waals surface area contributed by atoms with Crippen molar-refractivity contribution in [1.82, 2.24) is 0 Å². The van der Waals surface area contributed by atoms with Crippen molar-refractivity contribution in [3.8, 4) is 5.75 Å². The van der Waals surface area contributed by atoms with E-state index >= 15 is 0 Å². The summed E-state index contributed by atoms with van der Waals surface area (Å²) in [6, 6.07) is 7.32. The van der Waals surface area contributed by atoms with Crippen molar-refractivity contribution in [3.63, 3.8) is 0 Å². The van der Waals surface area contributed by atoms with E-state index in [-0.39, 0.29) is 24.8 Å². The van der Waals surface area contributed by atoms with E-state index in [1.807, 2.05) is 24.3 Å². The normalized spacial score (nSPS) is 8.71. The van der Waals surface area contributed by atoms with Crippen molar-refractivity contribution in [3.05, 3.63) is 29.8 Å². The molecule has 0 unspecified atom stereocenters. The van der Waals surface area contributed by atoms with Gasteiger partial charge in [0.1, 0.15) is 5.75 Å². The molecule has 14 heavy (non-hydrogen) atoms. The zero-order valence-electron chi connectivity index (χ0n) is 8.74. The fourth-order valence-electron chi connectivity index (χ4n) is 0.982. The van der Waals surface area contributed by atoms with E-state index < -0.39 is 0 Å². The van der Waals surface area contributed by atoms with Gasteiger partial charge >= 0.3 is 5.97 Å². The molecule has 0 atom stereocenters. The number of ether oxygens (including phenoxy) is 2. The number of methoxy groups -OCH3 is 2. The summed E-state index contributed by atoms with van der Waals surface area (Å²) in [5.41, 5.74) is 0.924. The summed E-state index contributed by atoms with van der Waals surface area (Å²) in [6.45, 7) is 0. The first-order valence-electron chi connectivity index (χ1n) is 3.96. The third kappa shape index (κ3) is 3.86. The second kappa shape index (κ2) is 6.53.